The molecule has 0 fully saturated rings. The van der Waals surface area contributed by atoms with Crippen LogP contribution in [-0.2, 0) is 12.3 Å². The van der Waals surface area contributed by atoms with E-state index in [0.29, 0.717) is 28.9 Å². The summed E-state index contributed by atoms with van der Waals surface area (Å²) in [5.41, 5.74) is 4.21. The smallest absolute Gasteiger partial charge is 0.192 e. The van der Waals surface area contributed by atoms with Crippen molar-refractivity contribution in [2.45, 2.75) is 24.4 Å². The zero-order valence-electron chi connectivity index (χ0n) is 17.2. The Bertz CT molecular complexity index is 1220. The van der Waals surface area contributed by atoms with Gasteiger partial charge >= 0.3 is 0 Å². The van der Waals surface area contributed by atoms with E-state index < -0.39 is 0 Å². The van der Waals surface area contributed by atoms with Crippen LogP contribution >= 0.6 is 34.7 Å². The Morgan fingerprint density at radius 1 is 1.19 bits per heavy atom. The van der Waals surface area contributed by atoms with Crippen molar-refractivity contribution in [3.8, 4) is 27.7 Å². The van der Waals surface area contributed by atoms with Crippen molar-refractivity contribution in [2.24, 2.45) is 0 Å². The van der Waals surface area contributed by atoms with Gasteiger partial charge in [0.2, 0.25) is 0 Å². The van der Waals surface area contributed by atoms with Crippen LogP contribution in [-0.4, -0.2) is 26.9 Å². The Balaban J connectivity index is 1.59. The van der Waals surface area contributed by atoms with Crippen molar-refractivity contribution in [3.05, 3.63) is 76.8 Å². The van der Waals surface area contributed by atoms with Gasteiger partial charge in [-0.3, -0.25) is 4.57 Å². The zero-order valence-corrected chi connectivity index (χ0v) is 19.6. The molecule has 4 rings (SSSR count). The highest BCUT2D eigenvalue weighted by molar-refractivity contribution is 7.98. The number of rotatable bonds is 8. The summed E-state index contributed by atoms with van der Waals surface area (Å²) in [6.07, 6.45) is 1.83. The summed E-state index contributed by atoms with van der Waals surface area (Å²) in [4.78, 5) is 4.82. The molecule has 4 aromatic rings. The van der Waals surface area contributed by atoms with Crippen LogP contribution in [0.3, 0.4) is 0 Å². The predicted octanol–water partition coefficient (Wildman–Crippen LogP) is 6.52. The first kappa shape index (κ1) is 21.6. The maximum Gasteiger partial charge on any atom is 0.192 e. The van der Waals surface area contributed by atoms with Gasteiger partial charge in [0.25, 0.3) is 0 Å². The average molecular weight is 469 g/mol. The van der Waals surface area contributed by atoms with Crippen molar-refractivity contribution in [3.63, 3.8) is 0 Å². The van der Waals surface area contributed by atoms with Crippen molar-refractivity contribution >= 4 is 34.7 Å². The van der Waals surface area contributed by atoms with E-state index in [-0.39, 0.29) is 0 Å². The molecule has 0 radical (unpaired) electrons. The molecule has 0 aliphatic heterocycles. The number of aryl methyl sites for hydroxylation is 1. The molecular weight excluding hydrogens is 448 g/mol. The molecule has 0 aliphatic carbocycles. The number of thioether (sulfide) groups is 1. The lowest BCUT2D eigenvalue weighted by Crippen LogP contribution is -2.02. The van der Waals surface area contributed by atoms with Crippen molar-refractivity contribution in [1.29, 1.82) is 0 Å². The lowest BCUT2D eigenvalue weighted by Gasteiger charge is -2.11. The molecule has 0 atom stereocenters. The second-order valence-corrected chi connectivity index (χ2v) is 9.03. The van der Waals surface area contributed by atoms with Crippen molar-refractivity contribution in [2.75, 3.05) is 7.11 Å². The highest BCUT2D eigenvalue weighted by Gasteiger charge is 2.18. The Morgan fingerprint density at radius 3 is 2.81 bits per heavy atom. The molecule has 31 heavy (non-hydrogen) atoms. The van der Waals surface area contributed by atoms with Gasteiger partial charge < -0.3 is 4.74 Å². The van der Waals surface area contributed by atoms with Gasteiger partial charge in [0.1, 0.15) is 10.8 Å². The summed E-state index contributed by atoms with van der Waals surface area (Å²) < 4.78 is 7.51. The molecule has 0 unspecified atom stereocenters. The van der Waals surface area contributed by atoms with Crippen LogP contribution in [0.15, 0.2) is 65.7 Å². The molecule has 0 spiro atoms. The Kier molecular flexibility index (Phi) is 6.75. The molecule has 0 saturated heterocycles. The maximum atomic E-state index is 6.22. The zero-order chi connectivity index (χ0) is 21.8. The molecule has 0 bridgehead atoms. The number of allylic oxidation sites excluding steroid dienone is 1. The Labute approximate surface area is 194 Å². The van der Waals surface area contributed by atoms with E-state index in [1.54, 1.807) is 36.3 Å². The molecule has 0 saturated carbocycles. The van der Waals surface area contributed by atoms with E-state index in [1.807, 2.05) is 34.9 Å². The minimum absolute atomic E-state index is 0.575. The fourth-order valence-corrected chi connectivity index (χ4v) is 5.22. The highest BCUT2D eigenvalue weighted by atomic mass is 35.5. The molecular formula is C23H21ClN4OS2. The van der Waals surface area contributed by atoms with E-state index in [9.17, 15) is 0 Å². The van der Waals surface area contributed by atoms with E-state index in [0.717, 1.165) is 21.4 Å². The third-order valence-electron chi connectivity index (χ3n) is 4.71. The van der Waals surface area contributed by atoms with Gasteiger partial charge in [0, 0.05) is 28.3 Å². The average Bonchev–Trinajstić information content (AvgIpc) is 3.40. The summed E-state index contributed by atoms with van der Waals surface area (Å²) in [5.74, 6) is 2.09. The first-order chi connectivity index (χ1) is 15.1. The second kappa shape index (κ2) is 9.68. The monoisotopic (exact) mass is 468 g/mol. The number of nitrogens with zero attached hydrogens (tertiary/aromatic N) is 4. The molecule has 158 valence electrons. The lowest BCUT2D eigenvalue weighted by atomic mass is 10.1. The molecule has 0 N–H and O–H groups in total. The minimum Gasteiger partial charge on any atom is -0.496 e. The molecule has 5 nitrogen and oxygen atoms in total. The van der Waals surface area contributed by atoms with Crippen molar-refractivity contribution in [1.82, 2.24) is 19.7 Å². The van der Waals surface area contributed by atoms with Gasteiger partial charge in [0.05, 0.1) is 18.4 Å². The van der Waals surface area contributed by atoms with Crippen LogP contribution in [0.5, 0.6) is 5.75 Å². The Hall–Kier alpha value is -2.61. The number of hydrogen-bond acceptors (Lipinski definition) is 6. The predicted molar refractivity (Wildman–Crippen MR) is 129 cm³/mol. The van der Waals surface area contributed by atoms with Crippen LogP contribution in [0, 0.1) is 6.92 Å². The van der Waals surface area contributed by atoms with Gasteiger partial charge in [-0.25, -0.2) is 4.98 Å². The fraction of sp³-hybridized carbons (Fsp3) is 0.174. The summed E-state index contributed by atoms with van der Waals surface area (Å²) >= 11 is 9.48. The largest absolute Gasteiger partial charge is 0.496 e. The lowest BCUT2D eigenvalue weighted by molar-refractivity contribution is 0.416. The minimum atomic E-state index is 0.575. The summed E-state index contributed by atoms with van der Waals surface area (Å²) in [5, 5.41) is 13.4. The third kappa shape index (κ3) is 4.69. The molecule has 2 aromatic heterocycles. The molecule has 2 aromatic carbocycles. The summed E-state index contributed by atoms with van der Waals surface area (Å²) in [7, 11) is 1.63. The van der Waals surface area contributed by atoms with Crippen LogP contribution in [0.25, 0.3) is 22.0 Å². The molecule has 8 heteroatoms. The standard InChI is InChI=1S/C23H21ClN4OS2/c1-4-11-28-21(19-12-16(24)9-10-20(19)29-3)26-27-23(28)31-14-17-13-30-22(25-17)18-8-6-5-7-15(18)2/h4-10,12-13H,1,11,14H2,2-3H3. The maximum absolute atomic E-state index is 6.22. The normalized spacial score (nSPS) is 10.9. The van der Waals surface area contributed by atoms with Gasteiger partial charge in [-0.1, -0.05) is 53.7 Å². The van der Waals surface area contributed by atoms with E-state index in [2.05, 4.69) is 41.2 Å². The van der Waals surface area contributed by atoms with Crippen LogP contribution in [0.2, 0.25) is 5.02 Å². The number of thiazole rings is 1. The van der Waals surface area contributed by atoms with Gasteiger partial charge in [-0.05, 0) is 30.7 Å². The number of hydrogen-bond donors (Lipinski definition) is 0. The number of methoxy groups -OCH3 is 1. The quantitative estimate of drug-likeness (QED) is 0.218. The number of benzene rings is 2. The third-order valence-corrected chi connectivity index (χ3v) is 6.87. The first-order valence-corrected chi connectivity index (χ1v) is 11.9. The summed E-state index contributed by atoms with van der Waals surface area (Å²) in [6, 6.07) is 13.8. The second-order valence-electron chi connectivity index (χ2n) is 6.80. The van der Waals surface area contributed by atoms with Gasteiger partial charge in [-0.2, -0.15) is 0 Å². The van der Waals surface area contributed by atoms with E-state index >= 15 is 0 Å². The van der Waals surface area contributed by atoms with E-state index in [1.165, 1.54) is 11.1 Å². The number of aromatic nitrogens is 4. The first-order valence-electron chi connectivity index (χ1n) is 9.62. The number of ether oxygens (including phenoxy) is 1. The Morgan fingerprint density at radius 2 is 2.03 bits per heavy atom. The topological polar surface area (TPSA) is 52.8 Å². The van der Waals surface area contributed by atoms with Gasteiger partial charge in [0.15, 0.2) is 11.0 Å². The van der Waals surface area contributed by atoms with Crippen LogP contribution < -0.4 is 4.74 Å². The fourth-order valence-electron chi connectivity index (χ4n) is 3.19. The summed E-state index contributed by atoms with van der Waals surface area (Å²) in [6.45, 7) is 6.56. The molecule has 0 aliphatic rings. The number of halogens is 1. The highest BCUT2D eigenvalue weighted by Crippen LogP contribution is 2.34. The van der Waals surface area contributed by atoms with Crippen molar-refractivity contribution < 1.29 is 4.74 Å². The molecule has 2 heterocycles. The molecule has 0 amide bonds. The van der Waals surface area contributed by atoms with Crippen LogP contribution in [0.4, 0.5) is 0 Å². The van der Waals surface area contributed by atoms with E-state index in [4.69, 9.17) is 21.3 Å². The van der Waals surface area contributed by atoms with Gasteiger partial charge in [-0.15, -0.1) is 28.1 Å². The van der Waals surface area contributed by atoms with Crippen LogP contribution in [0.1, 0.15) is 11.3 Å². The SMILES string of the molecule is C=CCn1c(SCc2csc(-c3ccccc3C)n2)nnc1-c1cc(Cl)ccc1OC.